The zero-order chi connectivity index (χ0) is 15.4. The molecule has 3 rings (SSSR count). The molecule has 0 saturated heterocycles. The average molecular weight is 302 g/mol. The van der Waals surface area contributed by atoms with Crippen molar-refractivity contribution in [1.29, 1.82) is 0 Å². The Morgan fingerprint density at radius 2 is 2.23 bits per heavy atom. The summed E-state index contributed by atoms with van der Waals surface area (Å²) in [6.07, 6.45) is 8.05. The number of rotatable bonds is 6. The van der Waals surface area contributed by atoms with Crippen LogP contribution in [0.2, 0.25) is 0 Å². The predicted molar refractivity (Wildman–Crippen MR) is 81.3 cm³/mol. The van der Waals surface area contributed by atoms with Crippen LogP contribution in [0, 0.1) is 0 Å². The van der Waals surface area contributed by atoms with E-state index in [4.69, 9.17) is 0 Å². The smallest absolute Gasteiger partial charge is 0.220 e. The molecule has 0 aromatic carbocycles. The van der Waals surface area contributed by atoms with Crippen LogP contribution >= 0.6 is 0 Å². The van der Waals surface area contributed by atoms with Crippen molar-refractivity contribution in [3.63, 3.8) is 0 Å². The number of carbonyl (C=O) groups excluding carboxylic acids is 1. The zero-order valence-electron chi connectivity index (χ0n) is 12.9. The fourth-order valence-electron chi connectivity index (χ4n) is 2.94. The SMILES string of the molecule is Cn1ncnc1CCNC(=O)CCc1n[nH]c2c1CCCC2. The first-order chi connectivity index (χ1) is 10.7. The first kappa shape index (κ1) is 14.7. The van der Waals surface area contributed by atoms with E-state index in [9.17, 15) is 4.79 Å². The lowest BCUT2D eigenvalue weighted by Crippen LogP contribution is -2.26. The molecular formula is C15H22N6O. The van der Waals surface area contributed by atoms with Crippen molar-refractivity contribution in [2.75, 3.05) is 6.54 Å². The van der Waals surface area contributed by atoms with Crippen LogP contribution in [0.25, 0.3) is 0 Å². The second kappa shape index (κ2) is 6.72. The molecule has 0 atom stereocenters. The molecule has 2 aromatic rings. The maximum absolute atomic E-state index is 11.9. The van der Waals surface area contributed by atoms with E-state index >= 15 is 0 Å². The second-order valence-electron chi connectivity index (χ2n) is 5.73. The Morgan fingerprint density at radius 1 is 1.36 bits per heavy atom. The number of H-pyrrole nitrogens is 1. The van der Waals surface area contributed by atoms with Gasteiger partial charge in [0.05, 0.1) is 5.69 Å². The molecule has 22 heavy (non-hydrogen) atoms. The minimum absolute atomic E-state index is 0.0646. The molecule has 7 heteroatoms. The van der Waals surface area contributed by atoms with Gasteiger partial charge in [-0.1, -0.05) is 0 Å². The number of aromatic amines is 1. The molecule has 7 nitrogen and oxygen atoms in total. The summed E-state index contributed by atoms with van der Waals surface area (Å²) in [6, 6.07) is 0. The number of nitrogens with one attached hydrogen (secondary N) is 2. The number of hydrogen-bond donors (Lipinski definition) is 2. The summed E-state index contributed by atoms with van der Waals surface area (Å²) in [6.45, 7) is 0.587. The number of carbonyl (C=O) groups is 1. The fourth-order valence-corrected chi connectivity index (χ4v) is 2.94. The zero-order valence-corrected chi connectivity index (χ0v) is 12.9. The third kappa shape index (κ3) is 3.35. The van der Waals surface area contributed by atoms with Gasteiger partial charge in [-0.15, -0.1) is 0 Å². The molecule has 0 saturated carbocycles. The summed E-state index contributed by atoms with van der Waals surface area (Å²) in [4.78, 5) is 16.1. The fraction of sp³-hybridized carbons (Fsp3) is 0.600. The molecule has 2 N–H and O–H groups in total. The van der Waals surface area contributed by atoms with Crippen LogP contribution in [0.4, 0.5) is 0 Å². The largest absolute Gasteiger partial charge is 0.356 e. The van der Waals surface area contributed by atoms with Gasteiger partial charge in [0.1, 0.15) is 12.2 Å². The van der Waals surface area contributed by atoms with E-state index in [1.807, 2.05) is 7.05 Å². The Balaban J connectivity index is 1.43. The molecule has 2 heterocycles. The highest BCUT2D eigenvalue weighted by atomic mass is 16.1. The van der Waals surface area contributed by atoms with Crippen molar-refractivity contribution in [3.05, 3.63) is 29.1 Å². The third-order valence-electron chi connectivity index (χ3n) is 4.21. The van der Waals surface area contributed by atoms with Crippen molar-refractivity contribution in [3.8, 4) is 0 Å². The number of nitrogens with zero attached hydrogens (tertiary/aromatic N) is 4. The van der Waals surface area contributed by atoms with Gasteiger partial charge in [0.15, 0.2) is 0 Å². The van der Waals surface area contributed by atoms with E-state index < -0.39 is 0 Å². The minimum Gasteiger partial charge on any atom is -0.356 e. The standard InChI is InChI=1S/C15H22N6O/c1-21-14(17-10-18-21)8-9-16-15(22)7-6-13-11-4-2-3-5-12(11)19-20-13/h10H,2-9H2,1H3,(H,16,22)(H,19,20). The highest BCUT2D eigenvalue weighted by Gasteiger charge is 2.17. The van der Waals surface area contributed by atoms with Gasteiger partial charge in [0, 0.05) is 38.5 Å². The Bertz CT molecular complexity index is 644. The molecule has 1 amide bonds. The molecule has 1 aliphatic carbocycles. The quantitative estimate of drug-likeness (QED) is 0.822. The van der Waals surface area contributed by atoms with Gasteiger partial charge in [-0.3, -0.25) is 14.6 Å². The Kier molecular flexibility index (Phi) is 4.50. The van der Waals surface area contributed by atoms with Crippen molar-refractivity contribution in [1.82, 2.24) is 30.3 Å². The third-order valence-corrected chi connectivity index (χ3v) is 4.21. The topological polar surface area (TPSA) is 88.5 Å². The van der Waals surface area contributed by atoms with Crippen LogP contribution < -0.4 is 5.32 Å². The highest BCUT2D eigenvalue weighted by Crippen LogP contribution is 2.22. The van der Waals surface area contributed by atoms with Gasteiger partial charge >= 0.3 is 0 Å². The average Bonchev–Trinajstić information content (AvgIpc) is 3.12. The number of amides is 1. The highest BCUT2D eigenvalue weighted by molar-refractivity contribution is 5.76. The lowest BCUT2D eigenvalue weighted by molar-refractivity contribution is -0.121. The number of hydrogen-bond acceptors (Lipinski definition) is 4. The van der Waals surface area contributed by atoms with Gasteiger partial charge in [-0.2, -0.15) is 10.2 Å². The molecule has 0 bridgehead atoms. The van der Waals surface area contributed by atoms with Crippen LogP contribution in [0.5, 0.6) is 0 Å². The van der Waals surface area contributed by atoms with Gasteiger partial charge in [0.25, 0.3) is 0 Å². The molecule has 2 aromatic heterocycles. The summed E-state index contributed by atoms with van der Waals surface area (Å²) in [7, 11) is 1.85. The van der Waals surface area contributed by atoms with Gasteiger partial charge < -0.3 is 5.32 Å². The predicted octanol–water partition coefficient (Wildman–Crippen LogP) is 0.708. The van der Waals surface area contributed by atoms with Crippen molar-refractivity contribution in [2.45, 2.75) is 44.9 Å². The molecule has 0 fully saturated rings. The van der Waals surface area contributed by atoms with Crippen LogP contribution in [-0.4, -0.2) is 37.4 Å². The summed E-state index contributed by atoms with van der Waals surface area (Å²) in [5.41, 5.74) is 3.68. The maximum atomic E-state index is 11.9. The summed E-state index contributed by atoms with van der Waals surface area (Å²) in [5.74, 6) is 0.941. The van der Waals surface area contributed by atoms with Crippen molar-refractivity contribution in [2.24, 2.45) is 7.05 Å². The Morgan fingerprint density at radius 3 is 3.05 bits per heavy atom. The van der Waals surface area contributed by atoms with Crippen LogP contribution in [-0.2, 0) is 37.5 Å². The van der Waals surface area contributed by atoms with Crippen LogP contribution in [0.15, 0.2) is 6.33 Å². The van der Waals surface area contributed by atoms with Crippen molar-refractivity contribution < 1.29 is 4.79 Å². The molecule has 0 spiro atoms. The molecule has 0 unspecified atom stereocenters. The first-order valence-corrected chi connectivity index (χ1v) is 7.88. The van der Waals surface area contributed by atoms with E-state index in [0.29, 0.717) is 25.8 Å². The molecule has 0 aliphatic heterocycles. The molecule has 1 aliphatic rings. The first-order valence-electron chi connectivity index (χ1n) is 7.88. The molecule has 118 valence electrons. The van der Waals surface area contributed by atoms with E-state index in [-0.39, 0.29) is 5.91 Å². The summed E-state index contributed by atoms with van der Waals surface area (Å²) >= 11 is 0. The monoisotopic (exact) mass is 302 g/mol. The summed E-state index contributed by atoms with van der Waals surface area (Å²) in [5, 5.41) is 14.4. The number of aryl methyl sites for hydroxylation is 3. The maximum Gasteiger partial charge on any atom is 0.220 e. The van der Waals surface area contributed by atoms with Gasteiger partial charge in [0.2, 0.25) is 5.91 Å². The van der Waals surface area contributed by atoms with E-state index in [0.717, 1.165) is 24.4 Å². The number of fused-ring (bicyclic) bond motifs is 1. The van der Waals surface area contributed by atoms with Gasteiger partial charge in [-0.25, -0.2) is 4.98 Å². The van der Waals surface area contributed by atoms with Crippen molar-refractivity contribution >= 4 is 5.91 Å². The van der Waals surface area contributed by atoms with Crippen LogP contribution in [0.3, 0.4) is 0 Å². The van der Waals surface area contributed by atoms with E-state index in [1.54, 1.807) is 4.68 Å². The normalized spacial score (nSPS) is 13.9. The molecule has 0 radical (unpaired) electrons. The second-order valence-corrected chi connectivity index (χ2v) is 5.73. The Labute approximate surface area is 129 Å². The minimum atomic E-state index is 0.0646. The van der Waals surface area contributed by atoms with E-state index in [2.05, 4.69) is 25.6 Å². The number of aromatic nitrogens is 5. The lowest BCUT2D eigenvalue weighted by atomic mass is 9.95. The van der Waals surface area contributed by atoms with Crippen LogP contribution in [0.1, 0.15) is 42.0 Å². The molecular weight excluding hydrogens is 280 g/mol. The Hall–Kier alpha value is -2.18. The van der Waals surface area contributed by atoms with E-state index in [1.165, 1.54) is 30.4 Å². The summed E-state index contributed by atoms with van der Waals surface area (Å²) < 4.78 is 1.72. The van der Waals surface area contributed by atoms with Gasteiger partial charge in [-0.05, 0) is 31.2 Å². The lowest BCUT2D eigenvalue weighted by Gasteiger charge is -2.11.